The van der Waals surface area contributed by atoms with Crippen molar-refractivity contribution in [3.63, 3.8) is 0 Å². The first-order valence-corrected chi connectivity index (χ1v) is 6.91. The fraction of sp³-hybridized carbons (Fsp3) is 0.800. The topological polar surface area (TPSA) is 98.7 Å². The predicted molar refractivity (Wildman–Crippen MR) is 70.0 cm³/mol. The molecule has 1 rings (SSSR count). The second-order valence-corrected chi connectivity index (χ2v) is 5.30. The summed E-state index contributed by atoms with van der Waals surface area (Å²) < 4.78 is 1.60. The van der Waals surface area contributed by atoms with E-state index in [1.807, 2.05) is 6.92 Å². The molecule has 0 fully saturated rings. The first kappa shape index (κ1) is 14.9. The lowest BCUT2D eigenvalue weighted by atomic mass is 10.1. The number of hydrogen-bond donors (Lipinski definition) is 2. The number of tetrazole rings is 1. The molecule has 1 heterocycles. The van der Waals surface area contributed by atoms with Crippen LogP contribution >= 0.6 is 11.8 Å². The van der Waals surface area contributed by atoms with Crippen LogP contribution in [0, 0.1) is 5.92 Å². The summed E-state index contributed by atoms with van der Waals surface area (Å²) in [4.78, 5) is 11.7. The third-order valence-corrected chi connectivity index (χ3v) is 3.52. The van der Waals surface area contributed by atoms with Crippen LogP contribution in [0.15, 0.2) is 5.16 Å². The summed E-state index contributed by atoms with van der Waals surface area (Å²) in [6, 6.07) is 0.165. The fourth-order valence-corrected chi connectivity index (χ4v) is 1.87. The Morgan fingerprint density at radius 3 is 2.83 bits per heavy atom. The number of carbonyl (C=O) groups is 1. The summed E-state index contributed by atoms with van der Waals surface area (Å²) in [5.74, 6) is 0.715. The second-order valence-electron chi connectivity index (χ2n) is 4.36. The molecule has 102 valence electrons. The average molecular weight is 272 g/mol. The lowest BCUT2D eigenvalue weighted by molar-refractivity contribution is -0.119. The molecule has 0 aliphatic heterocycles. The van der Waals surface area contributed by atoms with Crippen LogP contribution in [0.25, 0.3) is 0 Å². The van der Waals surface area contributed by atoms with Gasteiger partial charge in [-0.1, -0.05) is 25.6 Å². The molecule has 0 bridgehead atoms. The zero-order chi connectivity index (χ0) is 13.5. The predicted octanol–water partition coefficient (Wildman–Crippen LogP) is -0.115. The molecular formula is C10H20N6OS. The summed E-state index contributed by atoms with van der Waals surface area (Å²) in [5, 5.41) is 14.8. The Morgan fingerprint density at radius 2 is 2.22 bits per heavy atom. The van der Waals surface area contributed by atoms with E-state index in [2.05, 4.69) is 34.7 Å². The average Bonchev–Trinajstić information content (AvgIpc) is 2.74. The van der Waals surface area contributed by atoms with E-state index in [0.717, 1.165) is 0 Å². The molecule has 1 atom stereocenters. The molecule has 0 saturated heterocycles. The van der Waals surface area contributed by atoms with E-state index in [0.29, 0.717) is 29.9 Å². The van der Waals surface area contributed by atoms with Gasteiger partial charge in [0.15, 0.2) is 0 Å². The van der Waals surface area contributed by atoms with Gasteiger partial charge in [-0.25, -0.2) is 4.68 Å². The molecule has 0 radical (unpaired) electrons. The highest BCUT2D eigenvalue weighted by molar-refractivity contribution is 7.99. The van der Waals surface area contributed by atoms with E-state index in [1.54, 1.807) is 4.68 Å². The number of nitrogens with one attached hydrogen (secondary N) is 1. The van der Waals surface area contributed by atoms with Crippen LogP contribution in [0.3, 0.4) is 0 Å². The summed E-state index contributed by atoms with van der Waals surface area (Å²) in [6.07, 6.45) is 0. The summed E-state index contributed by atoms with van der Waals surface area (Å²) >= 11 is 1.31. The molecule has 1 aromatic rings. The SMILES string of the molecule is CC(C)C(C)NC(=O)CSc1nnnn1CCN. The van der Waals surface area contributed by atoms with Gasteiger partial charge in [-0.2, -0.15) is 0 Å². The molecule has 3 N–H and O–H groups in total. The zero-order valence-electron chi connectivity index (χ0n) is 11.0. The van der Waals surface area contributed by atoms with Crippen LogP contribution in [0.5, 0.6) is 0 Å². The van der Waals surface area contributed by atoms with Gasteiger partial charge in [-0.3, -0.25) is 4.79 Å². The van der Waals surface area contributed by atoms with E-state index in [9.17, 15) is 4.79 Å². The van der Waals surface area contributed by atoms with Crippen molar-refractivity contribution in [3.05, 3.63) is 0 Å². The van der Waals surface area contributed by atoms with Crippen LogP contribution in [0.4, 0.5) is 0 Å². The van der Waals surface area contributed by atoms with E-state index in [1.165, 1.54) is 11.8 Å². The van der Waals surface area contributed by atoms with Gasteiger partial charge in [0.2, 0.25) is 11.1 Å². The second kappa shape index (κ2) is 7.32. The van der Waals surface area contributed by atoms with Gasteiger partial charge in [-0.05, 0) is 23.3 Å². The number of nitrogens with zero attached hydrogens (tertiary/aromatic N) is 4. The molecule has 7 nitrogen and oxygen atoms in total. The standard InChI is InChI=1S/C10H20N6OS/c1-7(2)8(3)12-9(17)6-18-10-13-14-15-16(10)5-4-11/h7-8H,4-6,11H2,1-3H3,(H,12,17). The maximum Gasteiger partial charge on any atom is 0.230 e. The highest BCUT2D eigenvalue weighted by atomic mass is 32.2. The van der Waals surface area contributed by atoms with Gasteiger partial charge >= 0.3 is 0 Å². The third kappa shape index (κ3) is 4.61. The summed E-state index contributed by atoms with van der Waals surface area (Å²) in [7, 11) is 0. The van der Waals surface area contributed by atoms with Crippen LogP contribution in [-0.4, -0.2) is 44.5 Å². The number of amides is 1. The first-order valence-electron chi connectivity index (χ1n) is 5.93. The molecule has 0 spiro atoms. The van der Waals surface area contributed by atoms with Crippen molar-refractivity contribution >= 4 is 17.7 Å². The van der Waals surface area contributed by atoms with Crippen molar-refractivity contribution in [3.8, 4) is 0 Å². The van der Waals surface area contributed by atoms with E-state index >= 15 is 0 Å². The highest BCUT2D eigenvalue weighted by Crippen LogP contribution is 2.13. The van der Waals surface area contributed by atoms with Gasteiger partial charge < -0.3 is 11.1 Å². The molecule has 0 aromatic carbocycles. The molecule has 0 aliphatic carbocycles. The van der Waals surface area contributed by atoms with E-state index < -0.39 is 0 Å². The van der Waals surface area contributed by atoms with Crippen molar-refractivity contribution in [2.75, 3.05) is 12.3 Å². The van der Waals surface area contributed by atoms with Crippen molar-refractivity contribution in [1.29, 1.82) is 0 Å². The molecule has 0 aliphatic rings. The lowest BCUT2D eigenvalue weighted by Crippen LogP contribution is -2.37. The van der Waals surface area contributed by atoms with Gasteiger partial charge in [-0.15, -0.1) is 5.10 Å². The van der Waals surface area contributed by atoms with Crippen molar-refractivity contribution < 1.29 is 4.79 Å². The molecule has 1 aromatic heterocycles. The number of aromatic nitrogens is 4. The van der Waals surface area contributed by atoms with Crippen molar-refractivity contribution in [2.45, 2.75) is 38.5 Å². The van der Waals surface area contributed by atoms with E-state index in [4.69, 9.17) is 5.73 Å². The zero-order valence-corrected chi connectivity index (χ0v) is 11.8. The maximum atomic E-state index is 11.7. The van der Waals surface area contributed by atoms with E-state index in [-0.39, 0.29) is 11.9 Å². The Balaban J connectivity index is 2.40. The number of thioether (sulfide) groups is 1. The number of rotatable bonds is 7. The minimum Gasteiger partial charge on any atom is -0.353 e. The molecule has 0 saturated carbocycles. The van der Waals surface area contributed by atoms with Crippen LogP contribution < -0.4 is 11.1 Å². The van der Waals surface area contributed by atoms with Crippen LogP contribution in [0.2, 0.25) is 0 Å². The smallest absolute Gasteiger partial charge is 0.230 e. The molecule has 8 heteroatoms. The lowest BCUT2D eigenvalue weighted by Gasteiger charge is -2.16. The summed E-state index contributed by atoms with van der Waals surface area (Å²) in [5.41, 5.74) is 5.44. The van der Waals surface area contributed by atoms with Gasteiger partial charge in [0.25, 0.3) is 0 Å². The van der Waals surface area contributed by atoms with Gasteiger partial charge in [0, 0.05) is 12.6 Å². The number of carbonyl (C=O) groups excluding carboxylic acids is 1. The normalized spacial score (nSPS) is 12.7. The Morgan fingerprint density at radius 1 is 1.50 bits per heavy atom. The summed E-state index contributed by atoms with van der Waals surface area (Å²) in [6.45, 7) is 7.15. The van der Waals surface area contributed by atoms with Crippen molar-refractivity contribution in [2.24, 2.45) is 11.7 Å². The largest absolute Gasteiger partial charge is 0.353 e. The number of hydrogen-bond acceptors (Lipinski definition) is 6. The fourth-order valence-electron chi connectivity index (χ4n) is 1.15. The Labute approximate surface area is 111 Å². The quantitative estimate of drug-likeness (QED) is 0.672. The van der Waals surface area contributed by atoms with Gasteiger partial charge in [0.1, 0.15) is 0 Å². The van der Waals surface area contributed by atoms with Gasteiger partial charge in [0.05, 0.1) is 12.3 Å². The molecule has 18 heavy (non-hydrogen) atoms. The monoisotopic (exact) mass is 272 g/mol. The minimum atomic E-state index is -0.0106. The molecular weight excluding hydrogens is 252 g/mol. The molecule has 1 unspecified atom stereocenters. The van der Waals surface area contributed by atoms with Crippen LogP contribution in [0.1, 0.15) is 20.8 Å². The minimum absolute atomic E-state index is 0.0106. The van der Waals surface area contributed by atoms with Crippen molar-refractivity contribution in [1.82, 2.24) is 25.5 Å². The van der Waals surface area contributed by atoms with Crippen LogP contribution in [-0.2, 0) is 11.3 Å². The Hall–Kier alpha value is -1.15. The Kier molecular flexibility index (Phi) is 6.06. The molecule has 1 amide bonds. The first-order chi connectivity index (χ1) is 8.54. The highest BCUT2D eigenvalue weighted by Gasteiger charge is 2.13. The third-order valence-electron chi connectivity index (χ3n) is 2.56. The number of nitrogens with two attached hydrogens (primary N) is 1. The maximum absolute atomic E-state index is 11.7. The Bertz CT molecular complexity index is 380.